The molecular weight excluding hydrogens is 973 g/mol. The van der Waals surface area contributed by atoms with Crippen LogP contribution in [0.15, 0.2) is 130 Å². The molecule has 0 saturated heterocycles. The zero-order chi connectivity index (χ0) is 57.2. The van der Waals surface area contributed by atoms with Crippen molar-refractivity contribution in [1.82, 2.24) is 21.3 Å². The highest BCUT2D eigenvalue weighted by Gasteiger charge is 2.41. The van der Waals surface area contributed by atoms with Crippen LogP contribution in [-0.4, -0.2) is 108 Å². The van der Waals surface area contributed by atoms with Crippen LogP contribution in [0.5, 0.6) is 0 Å². The van der Waals surface area contributed by atoms with E-state index in [4.69, 9.17) is 20.9 Å². The molecule has 18 nitrogen and oxygen atoms in total. The number of rotatable bonds is 28. The van der Waals surface area contributed by atoms with Gasteiger partial charge < -0.3 is 52.4 Å². The number of carbonyl (C=O) groups excluding carboxylic acids is 6. The summed E-state index contributed by atoms with van der Waals surface area (Å²) in [4.78, 5) is 99.4. The number of esters is 2. The molecule has 0 heterocycles. The second kappa shape index (κ2) is 32.3. The molecule has 2 aliphatic rings. The lowest BCUT2D eigenvalue weighted by Gasteiger charge is -2.36. The summed E-state index contributed by atoms with van der Waals surface area (Å²) < 4.78 is 11.0. The van der Waals surface area contributed by atoms with Gasteiger partial charge in [0.25, 0.3) is 0 Å². The molecule has 0 fully saturated rings. The van der Waals surface area contributed by atoms with E-state index in [9.17, 15) is 48.6 Å². The molecule has 0 aromatic carbocycles. The van der Waals surface area contributed by atoms with Crippen molar-refractivity contribution in [3.8, 4) is 0 Å². The van der Waals surface area contributed by atoms with Gasteiger partial charge in [-0.1, -0.05) is 135 Å². The van der Waals surface area contributed by atoms with Gasteiger partial charge in [0.2, 0.25) is 0 Å². The maximum absolute atomic E-state index is 13.3. The Hall–Kier alpha value is -7.18. The highest BCUT2D eigenvalue weighted by atomic mass is 16.6. The Morgan fingerprint density at radius 3 is 1.22 bits per heavy atom. The van der Waals surface area contributed by atoms with Gasteiger partial charge in [-0.15, -0.1) is 0 Å². The molecule has 416 valence electrons. The predicted molar refractivity (Wildman–Crippen MR) is 294 cm³/mol. The lowest BCUT2D eigenvalue weighted by molar-refractivity contribution is -0.155. The third kappa shape index (κ3) is 23.2. The molecule has 76 heavy (non-hydrogen) atoms. The highest BCUT2D eigenvalue weighted by Crippen LogP contribution is 2.42. The zero-order valence-corrected chi connectivity index (χ0v) is 46.0. The number of unbranched alkanes of at least 4 members (excludes halogenated alkanes) is 2. The average Bonchev–Trinajstić information content (AvgIpc) is 3.33. The fourth-order valence-corrected chi connectivity index (χ4v) is 8.38. The fraction of sp³-hybridized carbons (Fsp3) is 0.483. The topological polar surface area (TPSA) is 296 Å². The zero-order valence-electron chi connectivity index (χ0n) is 46.0. The van der Waals surface area contributed by atoms with Gasteiger partial charge in [0, 0.05) is 12.8 Å². The minimum absolute atomic E-state index is 0.192. The van der Waals surface area contributed by atoms with Gasteiger partial charge in [0.05, 0.1) is 0 Å². The minimum atomic E-state index is -1.20. The largest absolute Gasteiger partial charge is 0.480 e. The number of nitrogens with two attached hydrogens (primary N) is 2. The van der Waals surface area contributed by atoms with Gasteiger partial charge in [-0.05, 0) is 126 Å². The summed E-state index contributed by atoms with van der Waals surface area (Å²) in [5, 5.41) is 28.0. The van der Waals surface area contributed by atoms with Crippen LogP contribution in [0.2, 0.25) is 0 Å². The van der Waals surface area contributed by atoms with Crippen LogP contribution in [0, 0.1) is 10.8 Å². The summed E-state index contributed by atoms with van der Waals surface area (Å²) in [6.45, 7) is 18.9. The number of carboxylic acid groups (broad SMARTS) is 2. The maximum atomic E-state index is 13.3. The van der Waals surface area contributed by atoms with E-state index >= 15 is 0 Å². The first-order valence-corrected chi connectivity index (χ1v) is 25.6. The van der Waals surface area contributed by atoms with Crippen molar-refractivity contribution in [2.45, 2.75) is 145 Å². The Kier molecular flexibility index (Phi) is 27.6. The van der Waals surface area contributed by atoms with Gasteiger partial charge in [-0.3, -0.25) is 19.2 Å². The number of ether oxygens (including phenoxy) is 2. The summed E-state index contributed by atoms with van der Waals surface area (Å²) in [5.41, 5.74) is 16.4. The summed E-state index contributed by atoms with van der Waals surface area (Å²) in [6.07, 6.45) is 28.4. The van der Waals surface area contributed by atoms with Crippen LogP contribution in [-0.2, 0) is 38.2 Å². The Morgan fingerprint density at radius 1 is 0.566 bits per heavy atom. The van der Waals surface area contributed by atoms with Crippen molar-refractivity contribution in [3.63, 3.8) is 0 Å². The van der Waals surface area contributed by atoms with Crippen molar-refractivity contribution < 1.29 is 58.0 Å². The van der Waals surface area contributed by atoms with Crippen LogP contribution < -0.4 is 32.7 Å². The average molecular weight is 1060 g/mol. The number of ketones is 2. The van der Waals surface area contributed by atoms with Crippen molar-refractivity contribution in [2.24, 2.45) is 22.3 Å². The second-order valence-corrected chi connectivity index (χ2v) is 20.4. The molecule has 18 heteroatoms. The lowest BCUT2D eigenvalue weighted by Crippen LogP contribution is -2.48. The first kappa shape index (κ1) is 64.9. The number of allylic oxidation sites excluding steroid dienone is 20. The van der Waals surface area contributed by atoms with E-state index in [1.54, 1.807) is 13.8 Å². The molecule has 0 aliphatic heterocycles. The third-order valence-electron chi connectivity index (χ3n) is 12.7. The van der Waals surface area contributed by atoms with Gasteiger partial charge in [-0.25, -0.2) is 19.2 Å². The highest BCUT2D eigenvalue weighted by molar-refractivity contribution is 6.02. The molecule has 0 bridgehead atoms. The van der Waals surface area contributed by atoms with E-state index in [1.807, 2.05) is 140 Å². The predicted octanol–water partition coefficient (Wildman–Crippen LogP) is 7.77. The molecule has 4 amide bonds. The van der Waals surface area contributed by atoms with E-state index in [0.29, 0.717) is 49.9 Å². The number of aliphatic carboxylic acids is 2. The molecule has 10 N–H and O–H groups in total. The van der Waals surface area contributed by atoms with E-state index in [1.165, 1.54) is 0 Å². The molecule has 2 aliphatic carbocycles. The Balaban J connectivity index is 1.93. The maximum Gasteiger partial charge on any atom is 0.326 e. The minimum Gasteiger partial charge on any atom is -0.480 e. The van der Waals surface area contributed by atoms with E-state index in [0.717, 1.165) is 33.4 Å². The molecular formula is C58H82N6O12. The third-order valence-corrected chi connectivity index (χ3v) is 12.7. The number of hydrogen-bond acceptors (Lipinski definition) is 12. The monoisotopic (exact) mass is 1050 g/mol. The van der Waals surface area contributed by atoms with Crippen LogP contribution in [0.25, 0.3) is 0 Å². The Labute approximate surface area is 448 Å². The van der Waals surface area contributed by atoms with Gasteiger partial charge in [-0.2, -0.15) is 0 Å². The molecule has 4 atom stereocenters. The molecule has 4 unspecified atom stereocenters. The normalized spacial score (nSPS) is 19.5. The standard InChI is InChI=1S/C58H82N6O12/c1-37(21-17-23-39(3)27-29-43-41(5)51(67)47(33-57(43,7)8)75-49(65)35-61-55(73)63-45(53(69)70)25-13-15-31-59)19-11-12-20-38(2)22-18-24-40(4)28-30-44-42(6)52(68)48(34-58(44,9)10)76-50(66)36-62-56(74)64-46(54(71)72)26-14-16-32-60/h11-12,17-24,27-30,45-48H,13-16,25-26,31-36,59-60H2,1-10H3,(H,69,70)(H,71,72)(H2,61,63,73)(H2,62,64,74)/b12-11+,21-17+,22-18+,29-27+,30-28+,37-19+,38-20+,39-23+,40-24+. The van der Waals surface area contributed by atoms with E-state index in [-0.39, 0.29) is 37.2 Å². The first-order chi connectivity index (χ1) is 35.7. The van der Waals surface area contributed by atoms with Crippen LogP contribution in [0.4, 0.5) is 9.59 Å². The Bertz CT molecular complexity index is 2310. The number of amides is 4. The molecule has 2 rings (SSSR count). The summed E-state index contributed by atoms with van der Waals surface area (Å²) in [5.74, 6) is -4.68. The summed E-state index contributed by atoms with van der Waals surface area (Å²) >= 11 is 0. The SMILES string of the molecule is CC1=C(/C=C/C(C)=C/C=C/C(C)=C/C=C/C=C(C)/C=C/C=C(C)/C=C/C2=C(C)C(=O)C(OC(=O)CNC(=O)NC(CCCCN)C(=O)O)CC2(C)C)C(C)(C)CC(OC(=O)CNC(=O)NC(CCCCN)C(=O)O)C1=O. The second-order valence-electron chi connectivity index (χ2n) is 20.4. The smallest absolute Gasteiger partial charge is 0.326 e. The van der Waals surface area contributed by atoms with Crippen molar-refractivity contribution >= 4 is 47.5 Å². The summed E-state index contributed by atoms with van der Waals surface area (Å²) in [6, 6.07) is -3.93. The van der Waals surface area contributed by atoms with Crippen LogP contribution >= 0.6 is 0 Å². The summed E-state index contributed by atoms with van der Waals surface area (Å²) in [7, 11) is 0. The molecule has 0 aromatic heterocycles. The number of urea groups is 2. The van der Waals surface area contributed by atoms with Crippen LogP contribution in [0.3, 0.4) is 0 Å². The first-order valence-electron chi connectivity index (χ1n) is 25.6. The molecule has 0 saturated carbocycles. The van der Waals surface area contributed by atoms with Gasteiger partial charge in [0.15, 0.2) is 23.8 Å². The van der Waals surface area contributed by atoms with E-state index < -0.39 is 84.2 Å². The molecule has 0 aromatic rings. The number of carboxylic acids is 2. The Morgan fingerprint density at radius 2 is 0.895 bits per heavy atom. The number of nitrogens with one attached hydrogen (secondary N) is 4. The number of hydrogen-bond donors (Lipinski definition) is 8. The number of carbonyl (C=O) groups is 8. The van der Waals surface area contributed by atoms with Crippen LogP contribution in [0.1, 0.15) is 121 Å². The molecule has 0 spiro atoms. The van der Waals surface area contributed by atoms with Crippen molar-refractivity contribution in [1.29, 1.82) is 0 Å². The quantitative estimate of drug-likeness (QED) is 0.0211. The van der Waals surface area contributed by atoms with Crippen molar-refractivity contribution in [3.05, 3.63) is 130 Å². The fourth-order valence-electron chi connectivity index (χ4n) is 8.38. The van der Waals surface area contributed by atoms with E-state index in [2.05, 4.69) is 21.3 Å². The molecule has 0 radical (unpaired) electrons. The lowest BCUT2D eigenvalue weighted by atomic mass is 9.71. The van der Waals surface area contributed by atoms with Crippen molar-refractivity contribution in [2.75, 3.05) is 26.2 Å². The van der Waals surface area contributed by atoms with Gasteiger partial charge in [0.1, 0.15) is 25.2 Å². The van der Waals surface area contributed by atoms with Gasteiger partial charge >= 0.3 is 35.9 Å². The number of Topliss-reactive ketones (excluding diaryl/α,β-unsaturated/α-hetero) is 2.